The van der Waals surface area contributed by atoms with Crippen LogP contribution in [0.15, 0.2) is 48.9 Å². The number of likely N-dealkylation sites (tertiary alicyclic amines) is 1. The lowest BCUT2D eigenvalue weighted by atomic mass is 9.93. The number of ether oxygens (including phenoxy) is 1. The highest BCUT2D eigenvalue weighted by Gasteiger charge is 2.31. The molecule has 0 N–H and O–H groups in total. The monoisotopic (exact) mass is 445 g/mol. The van der Waals surface area contributed by atoms with E-state index in [9.17, 15) is 4.79 Å². The lowest BCUT2D eigenvalue weighted by Crippen LogP contribution is -2.40. The number of methoxy groups -OCH3 is 1. The molecule has 33 heavy (non-hydrogen) atoms. The Hall–Kier alpha value is -3.48. The number of hydrogen-bond acceptors (Lipinski definition) is 6. The Morgan fingerprint density at radius 1 is 1.18 bits per heavy atom. The van der Waals surface area contributed by atoms with Crippen molar-refractivity contribution in [3.8, 4) is 16.9 Å². The van der Waals surface area contributed by atoms with Gasteiger partial charge in [0.1, 0.15) is 5.75 Å². The normalized spacial score (nSPS) is 15.9. The summed E-state index contributed by atoms with van der Waals surface area (Å²) in [7, 11) is 5.53. The van der Waals surface area contributed by atoms with E-state index < -0.39 is 0 Å². The standard InChI is InChI=1S/C26H31N5O2/c1-18-15-19(8-9-23(18)33-4)16-24(32)31-14-6-5-7-22(31)25-21(20-10-12-27-13-11-20)17-28-26(29-25)30(2)3/h8-13,15,17,22H,5-7,14,16H2,1-4H3/t22-/m1/s1. The van der Waals surface area contributed by atoms with Gasteiger partial charge in [0.05, 0.1) is 25.3 Å². The molecule has 172 valence electrons. The Morgan fingerprint density at radius 3 is 2.67 bits per heavy atom. The zero-order valence-electron chi connectivity index (χ0n) is 19.8. The molecule has 1 amide bonds. The second-order valence-corrected chi connectivity index (χ2v) is 8.68. The number of aryl methyl sites for hydroxylation is 1. The van der Waals surface area contributed by atoms with Crippen LogP contribution in [-0.2, 0) is 11.2 Å². The molecule has 0 unspecified atom stereocenters. The first-order valence-corrected chi connectivity index (χ1v) is 11.4. The molecular weight excluding hydrogens is 414 g/mol. The molecule has 7 heteroatoms. The predicted molar refractivity (Wildman–Crippen MR) is 129 cm³/mol. The predicted octanol–water partition coefficient (Wildman–Crippen LogP) is 4.22. The second kappa shape index (κ2) is 9.98. The third-order valence-corrected chi connectivity index (χ3v) is 6.15. The van der Waals surface area contributed by atoms with E-state index in [1.54, 1.807) is 19.5 Å². The van der Waals surface area contributed by atoms with Crippen LogP contribution < -0.4 is 9.64 Å². The quantitative estimate of drug-likeness (QED) is 0.566. The maximum Gasteiger partial charge on any atom is 0.227 e. The van der Waals surface area contributed by atoms with Gasteiger partial charge in [-0.3, -0.25) is 9.78 Å². The summed E-state index contributed by atoms with van der Waals surface area (Å²) in [5.41, 5.74) is 4.89. The Bertz CT molecular complexity index is 1120. The van der Waals surface area contributed by atoms with Crippen LogP contribution in [0.25, 0.3) is 11.1 Å². The van der Waals surface area contributed by atoms with Crippen LogP contribution in [0.4, 0.5) is 5.95 Å². The first-order valence-electron chi connectivity index (χ1n) is 11.4. The van der Waals surface area contributed by atoms with Crippen molar-refractivity contribution in [2.45, 2.75) is 38.6 Å². The van der Waals surface area contributed by atoms with Crippen molar-refractivity contribution < 1.29 is 9.53 Å². The fourth-order valence-electron chi connectivity index (χ4n) is 4.45. The summed E-state index contributed by atoms with van der Waals surface area (Å²) in [6.07, 6.45) is 8.72. The maximum absolute atomic E-state index is 13.5. The van der Waals surface area contributed by atoms with Gasteiger partial charge in [-0.05, 0) is 61.1 Å². The van der Waals surface area contributed by atoms with Gasteiger partial charge < -0.3 is 14.5 Å². The van der Waals surface area contributed by atoms with E-state index in [1.165, 1.54) is 0 Å². The van der Waals surface area contributed by atoms with E-state index >= 15 is 0 Å². The molecular formula is C26H31N5O2. The van der Waals surface area contributed by atoms with Gasteiger partial charge in [0.25, 0.3) is 0 Å². The van der Waals surface area contributed by atoms with E-state index in [1.807, 2.05) is 67.3 Å². The molecule has 0 spiro atoms. The maximum atomic E-state index is 13.5. The fourth-order valence-corrected chi connectivity index (χ4v) is 4.45. The highest BCUT2D eigenvalue weighted by molar-refractivity contribution is 5.80. The number of piperidine rings is 1. The van der Waals surface area contributed by atoms with Gasteiger partial charge >= 0.3 is 0 Å². The average molecular weight is 446 g/mol. The minimum Gasteiger partial charge on any atom is -0.496 e. The molecule has 0 radical (unpaired) electrons. The van der Waals surface area contributed by atoms with Crippen molar-refractivity contribution >= 4 is 11.9 Å². The number of amides is 1. The van der Waals surface area contributed by atoms with Gasteiger partial charge in [-0.2, -0.15) is 0 Å². The summed E-state index contributed by atoms with van der Waals surface area (Å²) in [5, 5.41) is 0. The van der Waals surface area contributed by atoms with Gasteiger partial charge in [-0.15, -0.1) is 0 Å². The first kappa shape index (κ1) is 22.7. The van der Waals surface area contributed by atoms with Gasteiger partial charge in [0.2, 0.25) is 11.9 Å². The summed E-state index contributed by atoms with van der Waals surface area (Å²) >= 11 is 0. The minimum atomic E-state index is -0.0875. The molecule has 0 saturated carbocycles. The molecule has 7 nitrogen and oxygen atoms in total. The fraction of sp³-hybridized carbons (Fsp3) is 0.385. The average Bonchev–Trinajstić information content (AvgIpc) is 2.84. The number of pyridine rings is 1. The van der Waals surface area contributed by atoms with E-state index in [0.717, 1.165) is 59.5 Å². The summed E-state index contributed by atoms with van der Waals surface area (Å²) in [6.45, 7) is 2.73. The summed E-state index contributed by atoms with van der Waals surface area (Å²) < 4.78 is 5.36. The van der Waals surface area contributed by atoms with Crippen LogP contribution in [0.3, 0.4) is 0 Å². The van der Waals surface area contributed by atoms with E-state index in [0.29, 0.717) is 12.4 Å². The van der Waals surface area contributed by atoms with Gasteiger partial charge in [0, 0.05) is 44.8 Å². The molecule has 4 rings (SSSR count). The largest absolute Gasteiger partial charge is 0.496 e. The summed E-state index contributed by atoms with van der Waals surface area (Å²) in [5.74, 6) is 1.60. The van der Waals surface area contributed by atoms with E-state index in [4.69, 9.17) is 9.72 Å². The smallest absolute Gasteiger partial charge is 0.227 e. The summed E-state index contributed by atoms with van der Waals surface area (Å²) in [4.78, 5) is 31.1. The number of aromatic nitrogens is 3. The molecule has 1 saturated heterocycles. The van der Waals surface area contributed by atoms with Crippen LogP contribution in [-0.4, -0.2) is 53.5 Å². The zero-order chi connectivity index (χ0) is 23.4. The third kappa shape index (κ3) is 4.97. The molecule has 1 atom stereocenters. The van der Waals surface area contributed by atoms with E-state index in [-0.39, 0.29) is 11.9 Å². The SMILES string of the molecule is COc1ccc(CC(=O)N2CCCC[C@@H]2c2nc(N(C)C)ncc2-c2ccncc2)cc1C. The highest BCUT2D eigenvalue weighted by atomic mass is 16.5. The molecule has 1 aliphatic heterocycles. The number of rotatable bonds is 6. The number of carbonyl (C=O) groups is 1. The molecule has 3 heterocycles. The van der Waals surface area contributed by atoms with Gasteiger partial charge in [-0.1, -0.05) is 12.1 Å². The van der Waals surface area contributed by atoms with Crippen molar-refractivity contribution in [3.05, 3.63) is 65.7 Å². The first-order chi connectivity index (χ1) is 16.0. The van der Waals surface area contributed by atoms with Gasteiger partial charge in [-0.25, -0.2) is 9.97 Å². The Kier molecular flexibility index (Phi) is 6.87. The molecule has 1 aromatic carbocycles. The topological polar surface area (TPSA) is 71.5 Å². The van der Waals surface area contributed by atoms with E-state index in [2.05, 4.69) is 9.97 Å². The Balaban J connectivity index is 1.68. The van der Waals surface area contributed by atoms with Crippen LogP contribution in [0.2, 0.25) is 0 Å². The Labute approximate surface area is 195 Å². The lowest BCUT2D eigenvalue weighted by Gasteiger charge is -2.36. The highest BCUT2D eigenvalue weighted by Crippen LogP contribution is 2.36. The lowest BCUT2D eigenvalue weighted by molar-refractivity contribution is -0.134. The minimum absolute atomic E-state index is 0.0875. The van der Waals surface area contributed by atoms with Crippen LogP contribution >= 0.6 is 0 Å². The third-order valence-electron chi connectivity index (χ3n) is 6.15. The number of hydrogen-bond donors (Lipinski definition) is 0. The molecule has 0 aliphatic carbocycles. The van der Waals surface area contributed by atoms with Crippen LogP contribution in [0.1, 0.15) is 42.1 Å². The van der Waals surface area contributed by atoms with Crippen LogP contribution in [0, 0.1) is 6.92 Å². The zero-order valence-corrected chi connectivity index (χ0v) is 19.8. The molecule has 1 fully saturated rings. The van der Waals surface area contributed by atoms with Crippen LogP contribution in [0.5, 0.6) is 5.75 Å². The summed E-state index contributed by atoms with van der Waals surface area (Å²) in [6, 6.07) is 9.78. The molecule has 2 aromatic heterocycles. The molecule has 1 aliphatic rings. The van der Waals surface area contributed by atoms with Crippen molar-refractivity contribution in [3.63, 3.8) is 0 Å². The number of nitrogens with zero attached hydrogens (tertiary/aromatic N) is 5. The second-order valence-electron chi connectivity index (χ2n) is 8.68. The van der Waals surface area contributed by atoms with Crippen molar-refractivity contribution in [1.29, 1.82) is 0 Å². The van der Waals surface area contributed by atoms with Gasteiger partial charge in [0.15, 0.2) is 0 Å². The van der Waals surface area contributed by atoms with Crippen molar-refractivity contribution in [1.82, 2.24) is 19.9 Å². The molecule has 0 bridgehead atoms. The number of anilines is 1. The Morgan fingerprint density at radius 2 is 1.97 bits per heavy atom. The molecule has 3 aromatic rings. The van der Waals surface area contributed by atoms with Crippen molar-refractivity contribution in [2.24, 2.45) is 0 Å². The number of carbonyl (C=O) groups excluding carboxylic acids is 1. The van der Waals surface area contributed by atoms with Crippen molar-refractivity contribution in [2.75, 3.05) is 32.6 Å². The number of benzene rings is 1.